The van der Waals surface area contributed by atoms with Crippen LogP contribution in [0, 0.1) is 5.92 Å². The van der Waals surface area contributed by atoms with E-state index >= 15 is 0 Å². The van der Waals surface area contributed by atoms with E-state index in [0.717, 1.165) is 11.3 Å². The first kappa shape index (κ1) is 22.0. The van der Waals surface area contributed by atoms with E-state index < -0.39 is 18.1 Å². The number of rotatable bonds is 11. The van der Waals surface area contributed by atoms with Gasteiger partial charge in [0, 0.05) is 0 Å². The van der Waals surface area contributed by atoms with Gasteiger partial charge in [0.1, 0.15) is 24.4 Å². The summed E-state index contributed by atoms with van der Waals surface area (Å²) in [5.41, 5.74) is 0.905. The Morgan fingerprint density at radius 2 is 1.88 bits per heavy atom. The summed E-state index contributed by atoms with van der Waals surface area (Å²) < 4.78 is 10.2. The predicted octanol–water partition coefficient (Wildman–Crippen LogP) is 2.61. The molecule has 0 radical (unpaired) electrons. The van der Waals surface area contributed by atoms with E-state index in [4.69, 9.17) is 21.3 Å². The molecule has 144 valence electrons. The molecule has 1 aromatic rings. The molecule has 7 heteroatoms. The van der Waals surface area contributed by atoms with Crippen LogP contribution in [-0.4, -0.2) is 37.7 Å². The lowest BCUT2D eigenvalue weighted by atomic mass is 10.0. The summed E-state index contributed by atoms with van der Waals surface area (Å²) in [6.07, 6.45) is 2.52. The predicted molar refractivity (Wildman–Crippen MR) is 102 cm³/mol. The number of esters is 1. The quantitative estimate of drug-likeness (QED) is 0.349. The normalized spacial score (nSPS) is 13.0. The van der Waals surface area contributed by atoms with Crippen molar-refractivity contribution in [2.24, 2.45) is 5.92 Å². The van der Waals surface area contributed by atoms with Crippen LogP contribution in [0.25, 0.3) is 0 Å². The lowest BCUT2D eigenvalue weighted by Crippen LogP contribution is -2.50. The topological polar surface area (TPSA) is 76.7 Å². The number of amides is 1. The van der Waals surface area contributed by atoms with Gasteiger partial charge in [-0.3, -0.25) is 4.79 Å². The Morgan fingerprint density at radius 1 is 1.23 bits per heavy atom. The summed E-state index contributed by atoms with van der Waals surface area (Å²) in [7, 11) is 1.30. The Bertz CT molecular complexity index is 590. The second-order valence-electron chi connectivity index (χ2n) is 6.32. The second-order valence-corrected chi connectivity index (χ2v) is 6.54. The van der Waals surface area contributed by atoms with Gasteiger partial charge in [-0.1, -0.05) is 38.6 Å². The van der Waals surface area contributed by atoms with E-state index in [2.05, 4.69) is 16.7 Å². The summed E-state index contributed by atoms with van der Waals surface area (Å²) in [5.74, 6) is 0.119. The van der Waals surface area contributed by atoms with Gasteiger partial charge in [0.15, 0.2) is 0 Å². The van der Waals surface area contributed by atoms with Crippen LogP contribution in [0.4, 0.5) is 0 Å². The Kier molecular flexibility index (Phi) is 9.76. The van der Waals surface area contributed by atoms with Crippen molar-refractivity contribution in [2.45, 2.75) is 38.8 Å². The molecule has 0 aromatic heterocycles. The average molecular weight is 383 g/mol. The van der Waals surface area contributed by atoms with E-state index in [0.29, 0.717) is 19.4 Å². The fourth-order valence-corrected chi connectivity index (χ4v) is 2.57. The van der Waals surface area contributed by atoms with Crippen molar-refractivity contribution in [1.82, 2.24) is 10.2 Å². The van der Waals surface area contributed by atoms with E-state index in [9.17, 15) is 9.59 Å². The SMILES string of the molecule is C=CCOc1ccc(C[C@H](NCl)C(=O)N[C@@H](CC(C)C)C(=O)OC)cc1. The van der Waals surface area contributed by atoms with Gasteiger partial charge >= 0.3 is 5.97 Å². The first-order valence-electron chi connectivity index (χ1n) is 8.48. The molecule has 0 saturated carbocycles. The first-order valence-corrected chi connectivity index (χ1v) is 8.86. The Hall–Kier alpha value is -2.05. The lowest BCUT2D eigenvalue weighted by Gasteiger charge is -2.21. The third-order valence-electron chi connectivity index (χ3n) is 3.69. The molecule has 1 aromatic carbocycles. The molecule has 6 nitrogen and oxygen atoms in total. The molecule has 0 spiro atoms. The summed E-state index contributed by atoms with van der Waals surface area (Å²) in [5, 5.41) is 2.71. The van der Waals surface area contributed by atoms with Gasteiger partial charge in [-0.05, 0) is 48.2 Å². The van der Waals surface area contributed by atoms with Crippen molar-refractivity contribution in [1.29, 1.82) is 0 Å². The van der Waals surface area contributed by atoms with E-state index in [-0.39, 0.29) is 11.8 Å². The molecule has 0 saturated heterocycles. The van der Waals surface area contributed by atoms with Crippen LogP contribution < -0.4 is 14.9 Å². The fraction of sp³-hybridized carbons (Fsp3) is 0.474. The van der Waals surface area contributed by atoms with Gasteiger partial charge in [-0.25, -0.2) is 9.63 Å². The van der Waals surface area contributed by atoms with Gasteiger partial charge in [-0.2, -0.15) is 0 Å². The Balaban J connectivity index is 2.72. The summed E-state index contributed by atoms with van der Waals surface area (Å²) in [6, 6.07) is 5.97. The molecule has 1 amide bonds. The minimum atomic E-state index is -0.699. The van der Waals surface area contributed by atoms with Crippen LogP contribution in [-0.2, 0) is 20.7 Å². The highest BCUT2D eigenvalue weighted by Crippen LogP contribution is 2.14. The number of hydrogen-bond donors (Lipinski definition) is 2. The van der Waals surface area contributed by atoms with Gasteiger partial charge in [-0.15, -0.1) is 0 Å². The smallest absolute Gasteiger partial charge is 0.328 e. The highest BCUT2D eigenvalue weighted by atomic mass is 35.5. The summed E-state index contributed by atoms with van der Waals surface area (Å²) >= 11 is 5.75. The first-order chi connectivity index (χ1) is 12.4. The summed E-state index contributed by atoms with van der Waals surface area (Å²) in [4.78, 5) is 26.8. The van der Waals surface area contributed by atoms with Crippen LogP contribution in [0.5, 0.6) is 5.75 Å². The molecule has 0 unspecified atom stereocenters. The highest BCUT2D eigenvalue weighted by molar-refractivity contribution is 6.15. The number of methoxy groups -OCH3 is 1. The molecule has 0 heterocycles. The van der Waals surface area contributed by atoms with Crippen molar-refractivity contribution < 1.29 is 19.1 Å². The van der Waals surface area contributed by atoms with E-state index in [1.54, 1.807) is 6.08 Å². The number of benzene rings is 1. The second kappa shape index (κ2) is 11.5. The Labute approximate surface area is 160 Å². The average Bonchev–Trinajstić information content (AvgIpc) is 2.63. The maximum Gasteiger partial charge on any atom is 0.328 e. The maximum absolute atomic E-state index is 12.5. The van der Waals surface area contributed by atoms with Crippen LogP contribution >= 0.6 is 11.8 Å². The third-order valence-corrected chi connectivity index (χ3v) is 3.95. The van der Waals surface area contributed by atoms with Crippen LogP contribution in [0.2, 0.25) is 0 Å². The molecule has 0 aliphatic rings. The van der Waals surface area contributed by atoms with E-state index in [1.807, 2.05) is 38.1 Å². The third kappa shape index (κ3) is 7.45. The van der Waals surface area contributed by atoms with Crippen LogP contribution in [0.1, 0.15) is 25.8 Å². The van der Waals surface area contributed by atoms with Gasteiger partial charge in [0.05, 0.1) is 7.11 Å². The van der Waals surface area contributed by atoms with Crippen molar-refractivity contribution in [2.75, 3.05) is 13.7 Å². The van der Waals surface area contributed by atoms with E-state index in [1.165, 1.54) is 7.11 Å². The Morgan fingerprint density at radius 3 is 2.38 bits per heavy atom. The number of halogens is 1. The molecule has 0 aliphatic carbocycles. The molecule has 2 N–H and O–H groups in total. The zero-order valence-electron chi connectivity index (χ0n) is 15.5. The molecule has 26 heavy (non-hydrogen) atoms. The number of carbonyl (C=O) groups is 2. The maximum atomic E-state index is 12.5. The van der Waals surface area contributed by atoms with Crippen molar-refractivity contribution in [3.63, 3.8) is 0 Å². The molecular formula is C19H27ClN2O4. The number of carbonyl (C=O) groups excluding carboxylic acids is 2. The zero-order chi connectivity index (χ0) is 19.5. The summed E-state index contributed by atoms with van der Waals surface area (Å²) in [6.45, 7) is 7.96. The van der Waals surface area contributed by atoms with Crippen LogP contribution in [0.15, 0.2) is 36.9 Å². The molecule has 1 rings (SSSR count). The van der Waals surface area contributed by atoms with Crippen LogP contribution in [0.3, 0.4) is 0 Å². The standard InChI is InChI=1S/C19H27ClN2O4/c1-5-10-26-15-8-6-14(7-9-15)12-16(22-20)18(23)21-17(11-13(2)3)19(24)25-4/h5-9,13,16-17,22H,1,10-12H2,2-4H3,(H,21,23)/t16-,17-/m0/s1. The molecule has 0 fully saturated rings. The van der Waals surface area contributed by atoms with Crippen molar-refractivity contribution in [3.05, 3.63) is 42.5 Å². The highest BCUT2D eigenvalue weighted by Gasteiger charge is 2.26. The minimum absolute atomic E-state index is 0.227. The molecule has 0 bridgehead atoms. The number of ether oxygens (including phenoxy) is 2. The molecular weight excluding hydrogens is 356 g/mol. The largest absolute Gasteiger partial charge is 0.490 e. The van der Waals surface area contributed by atoms with Gasteiger partial charge < -0.3 is 14.8 Å². The monoisotopic (exact) mass is 382 g/mol. The van der Waals surface area contributed by atoms with Gasteiger partial charge in [0.25, 0.3) is 0 Å². The number of hydrogen-bond acceptors (Lipinski definition) is 5. The van der Waals surface area contributed by atoms with Crippen molar-refractivity contribution in [3.8, 4) is 5.75 Å². The lowest BCUT2D eigenvalue weighted by molar-refractivity contribution is -0.145. The van der Waals surface area contributed by atoms with Crippen molar-refractivity contribution >= 4 is 23.7 Å². The molecule has 2 atom stereocenters. The van der Waals surface area contributed by atoms with Gasteiger partial charge in [0.2, 0.25) is 5.91 Å². The molecule has 0 aliphatic heterocycles. The number of nitrogens with one attached hydrogen (secondary N) is 2. The fourth-order valence-electron chi connectivity index (χ4n) is 2.39. The zero-order valence-corrected chi connectivity index (χ0v) is 16.2. The minimum Gasteiger partial charge on any atom is -0.490 e.